The molecule has 0 amide bonds. The van der Waals surface area contributed by atoms with Crippen LogP contribution in [0.25, 0.3) is 11.4 Å². The van der Waals surface area contributed by atoms with Crippen LogP contribution in [0, 0.1) is 0 Å². The lowest BCUT2D eigenvalue weighted by Crippen LogP contribution is -2.34. The van der Waals surface area contributed by atoms with Gasteiger partial charge in [-0.2, -0.15) is 22.5 Å². The third-order valence-corrected chi connectivity index (χ3v) is 5.81. The molecule has 1 unspecified atom stereocenters. The minimum Gasteiger partial charge on any atom is -0.472 e. The average molecular weight is 422 g/mol. The van der Waals surface area contributed by atoms with E-state index in [1.165, 1.54) is 29.7 Å². The van der Waals surface area contributed by atoms with Crippen LogP contribution in [-0.4, -0.2) is 66.5 Å². The minimum atomic E-state index is -4.77. The lowest BCUT2D eigenvalue weighted by molar-refractivity contribution is -0.159. The summed E-state index contributed by atoms with van der Waals surface area (Å²) in [5.74, 6) is -1.95. The average Bonchev–Trinajstić information content (AvgIpc) is 3.30. The molecule has 0 aliphatic carbocycles. The first kappa shape index (κ1) is 20.5. The van der Waals surface area contributed by atoms with Gasteiger partial charge in [0.2, 0.25) is 21.7 Å². The molecule has 0 radical (unpaired) electrons. The van der Waals surface area contributed by atoms with Gasteiger partial charge in [-0.1, -0.05) is 5.16 Å². The number of aromatic nitrogens is 3. The van der Waals surface area contributed by atoms with Gasteiger partial charge >= 0.3 is 12.1 Å². The summed E-state index contributed by atoms with van der Waals surface area (Å²) in [4.78, 5) is 7.35. The summed E-state index contributed by atoms with van der Waals surface area (Å²) in [5.41, 5.74) is 0.113. The maximum atomic E-state index is 12.7. The molecule has 2 aromatic rings. The second-order valence-electron chi connectivity index (χ2n) is 5.97. The van der Waals surface area contributed by atoms with Crippen molar-refractivity contribution >= 4 is 10.0 Å². The van der Waals surface area contributed by atoms with Gasteiger partial charge in [-0.25, -0.2) is 13.4 Å². The van der Waals surface area contributed by atoms with Crippen molar-refractivity contribution in [3.05, 3.63) is 24.2 Å². The number of alkyl halides is 3. The number of ether oxygens (including phenoxy) is 2. The van der Waals surface area contributed by atoms with Crippen molar-refractivity contribution in [1.29, 1.82) is 0 Å². The van der Waals surface area contributed by atoms with Gasteiger partial charge in [-0.05, 0) is 18.6 Å². The first-order valence-corrected chi connectivity index (χ1v) is 9.81. The van der Waals surface area contributed by atoms with E-state index in [0.717, 1.165) is 0 Å². The van der Waals surface area contributed by atoms with Crippen molar-refractivity contribution in [3.63, 3.8) is 0 Å². The summed E-state index contributed by atoms with van der Waals surface area (Å²) in [5, 5.41) is 3.33. The lowest BCUT2D eigenvalue weighted by Gasteiger charge is -2.17. The fraction of sp³-hybridized carbons (Fsp3) is 0.533. The zero-order valence-electron chi connectivity index (χ0n) is 14.7. The van der Waals surface area contributed by atoms with E-state index in [-0.39, 0.29) is 42.7 Å². The van der Waals surface area contributed by atoms with E-state index >= 15 is 0 Å². The van der Waals surface area contributed by atoms with Crippen LogP contribution in [0.15, 0.2) is 22.9 Å². The maximum Gasteiger partial charge on any atom is 0.471 e. The Morgan fingerprint density at radius 2 is 2.18 bits per heavy atom. The van der Waals surface area contributed by atoms with E-state index in [0.29, 0.717) is 6.42 Å². The van der Waals surface area contributed by atoms with Gasteiger partial charge in [0.1, 0.15) is 6.10 Å². The third kappa shape index (κ3) is 4.59. The molecule has 0 bridgehead atoms. The highest BCUT2D eigenvalue weighted by Gasteiger charge is 2.39. The fourth-order valence-electron chi connectivity index (χ4n) is 2.63. The first-order valence-electron chi connectivity index (χ1n) is 8.20. The molecule has 0 spiro atoms. The van der Waals surface area contributed by atoms with E-state index in [1.807, 2.05) is 0 Å². The highest BCUT2D eigenvalue weighted by Crippen LogP contribution is 2.32. The third-order valence-electron chi connectivity index (χ3n) is 4.01. The standard InChI is InChI=1S/C15H17F3N4O5S/c1-25-7-8-28(23,24)22-6-4-10(9-22)26-13-11(3-2-5-19-13)12-20-14(27-21-12)15(16,17)18/h2-3,5,10H,4,6-9H2,1H3. The number of sulfonamides is 1. The number of halogens is 3. The van der Waals surface area contributed by atoms with Crippen molar-refractivity contribution in [2.75, 3.05) is 32.6 Å². The Labute approximate surface area is 158 Å². The zero-order chi connectivity index (χ0) is 20.4. The number of rotatable bonds is 7. The monoisotopic (exact) mass is 422 g/mol. The number of pyridine rings is 1. The van der Waals surface area contributed by atoms with E-state index < -0.39 is 28.2 Å². The Balaban J connectivity index is 1.74. The number of nitrogens with zero attached hydrogens (tertiary/aromatic N) is 4. The number of hydrogen-bond acceptors (Lipinski definition) is 8. The highest BCUT2D eigenvalue weighted by atomic mass is 32.2. The molecule has 0 N–H and O–H groups in total. The van der Waals surface area contributed by atoms with E-state index in [1.54, 1.807) is 0 Å². The van der Waals surface area contributed by atoms with Gasteiger partial charge in [0.15, 0.2) is 0 Å². The molecule has 1 saturated heterocycles. The maximum absolute atomic E-state index is 12.7. The summed E-state index contributed by atoms with van der Waals surface area (Å²) >= 11 is 0. The molecule has 9 nitrogen and oxygen atoms in total. The predicted molar refractivity (Wildman–Crippen MR) is 88.8 cm³/mol. The van der Waals surface area contributed by atoms with Crippen LogP contribution in [0.1, 0.15) is 12.3 Å². The number of methoxy groups -OCH3 is 1. The smallest absolute Gasteiger partial charge is 0.471 e. The van der Waals surface area contributed by atoms with Crippen LogP contribution in [-0.2, 0) is 20.9 Å². The van der Waals surface area contributed by atoms with Gasteiger partial charge in [-0.3, -0.25) is 0 Å². The highest BCUT2D eigenvalue weighted by molar-refractivity contribution is 7.89. The van der Waals surface area contributed by atoms with E-state index in [9.17, 15) is 21.6 Å². The molecule has 1 atom stereocenters. The molecule has 0 aromatic carbocycles. The number of hydrogen-bond donors (Lipinski definition) is 0. The Hall–Kier alpha value is -2.25. The van der Waals surface area contributed by atoms with E-state index in [2.05, 4.69) is 19.6 Å². The second-order valence-corrected chi connectivity index (χ2v) is 8.06. The summed E-state index contributed by atoms with van der Waals surface area (Å²) in [6.45, 7) is 0.440. The molecule has 28 heavy (non-hydrogen) atoms. The summed E-state index contributed by atoms with van der Waals surface area (Å²) < 4.78 is 78.5. The SMILES string of the molecule is COCCS(=O)(=O)N1CCC(Oc2ncccc2-c2noc(C(F)(F)F)n2)C1. The largest absolute Gasteiger partial charge is 0.472 e. The molecule has 1 aliphatic rings. The normalized spacial score (nSPS) is 18.5. The Kier molecular flexibility index (Phi) is 5.86. The van der Waals surface area contributed by atoms with Gasteiger partial charge in [0, 0.05) is 19.9 Å². The zero-order valence-corrected chi connectivity index (χ0v) is 15.5. The second kappa shape index (κ2) is 8.01. The summed E-state index contributed by atoms with van der Waals surface area (Å²) in [6, 6.07) is 2.93. The predicted octanol–water partition coefficient (Wildman–Crippen LogP) is 1.58. The first-order chi connectivity index (χ1) is 13.2. The molecule has 1 aliphatic heterocycles. The van der Waals surface area contributed by atoms with Gasteiger partial charge in [0.05, 0.1) is 24.5 Å². The van der Waals surface area contributed by atoms with Crippen molar-refractivity contribution < 1.29 is 35.6 Å². The van der Waals surface area contributed by atoms with Crippen LogP contribution < -0.4 is 4.74 Å². The van der Waals surface area contributed by atoms with Gasteiger partial charge in [-0.15, -0.1) is 0 Å². The Morgan fingerprint density at radius 1 is 1.39 bits per heavy atom. The molecule has 3 rings (SSSR count). The molecule has 13 heteroatoms. The molecule has 1 fully saturated rings. The molecule has 3 heterocycles. The molecule has 0 saturated carbocycles. The fourth-order valence-corrected chi connectivity index (χ4v) is 4.04. The molecular formula is C15H17F3N4O5S. The minimum absolute atomic E-state index is 0.00170. The molecule has 2 aromatic heterocycles. The van der Waals surface area contributed by atoms with Crippen molar-refractivity contribution in [2.24, 2.45) is 0 Å². The summed E-state index contributed by atoms with van der Waals surface area (Å²) in [6.07, 6.45) is -3.48. The van der Waals surface area contributed by atoms with Crippen LogP contribution in [0.4, 0.5) is 13.2 Å². The Bertz CT molecular complexity index is 918. The lowest BCUT2D eigenvalue weighted by atomic mass is 10.2. The topological polar surface area (TPSA) is 108 Å². The molecular weight excluding hydrogens is 405 g/mol. The molecule has 154 valence electrons. The van der Waals surface area contributed by atoms with Crippen LogP contribution >= 0.6 is 0 Å². The van der Waals surface area contributed by atoms with E-state index in [4.69, 9.17) is 9.47 Å². The summed E-state index contributed by atoms with van der Waals surface area (Å²) in [7, 11) is -2.07. The van der Waals surface area contributed by atoms with Crippen LogP contribution in [0.5, 0.6) is 5.88 Å². The quantitative estimate of drug-likeness (QED) is 0.662. The van der Waals surface area contributed by atoms with Gasteiger partial charge in [0.25, 0.3) is 0 Å². The van der Waals surface area contributed by atoms with Crippen LogP contribution in [0.3, 0.4) is 0 Å². The van der Waals surface area contributed by atoms with Crippen molar-refractivity contribution in [3.8, 4) is 17.3 Å². The van der Waals surface area contributed by atoms with Gasteiger partial charge < -0.3 is 14.0 Å². The van der Waals surface area contributed by atoms with Crippen LogP contribution in [0.2, 0.25) is 0 Å². The van der Waals surface area contributed by atoms with Crippen molar-refractivity contribution in [2.45, 2.75) is 18.7 Å². The Morgan fingerprint density at radius 3 is 2.86 bits per heavy atom. The van der Waals surface area contributed by atoms with Crippen molar-refractivity contribution in [1.82, 2.24) is 19.4 Å².